The summed E-state index contributed by atoms with van der Waals surface area (Å²) in [6.07, 6.45) is 1.57. The van der Waals surface area contributed by atoms with Crippen molar-refractivity contribution in [1.29, 1.82) is 0 Å². The molecule has 0 saturated heterocycles. The van der Waals surface area contributed by atoms with Crippen LogP contribution in [0, 0.1) is 6.92 Å². The van der Waals surface area contributed by atoms with Gasteiger partial charge in [-0.25, -0.2) is 4.79 Å². The van der Waals surface area contributed by atoms with Crippen LogP contribution in [-0.2, 0) is 11.3 Å². The lowest BCUT2D eigenvalue weighted by atomic mass is 10.1. The highest BCUT2D eigenvalue weighted by Gasteiger charge is 2.27. The second kappa shape index (κ2) is 7.67. The largest absolute Gasteiger partial charge is 0.513 e. The van der Waals surface area contributed by atoms with Gasteiger partial charge in [-0.15, -0.1) is 0 Å². The number of halogens is 2. The van der Waals surface area contributed by atoms with Crippen LogP contribution in [-0.4, -0.2) is 13.3 Å². The van der Waals surface area contributed by atoms with Gasteiger partial charge in [-0.05, 0) is 55.0 Å². The summed E-state index contributed by atoms with van der Waals surface area (Å²) in [4.78, 5) is 11.4. The van der Waals surface area contributed by atoms with Gasteiger partial charge in [0.05, 0.1) is 7.11 Å². The Labute approximate surface area is 160 Å². The molecule has 25 heavy (non-hydrogen) atoms. The lowest BCUT2D eigenvalue weighted by molar-refractivity contribution is 0.120. The van der Waals surface area contributed by atoms with E-state index in [1.54, 1.807) is 12.1 Å². The first kappa shape index (κ1) is 18.1. The smallest absolute Gasteiger partial charge is 0.488 e. The number of carbonyl (C=O) groups excluding carboxylic acids is 1. The first-order valence-corrected chi connectivity index (χ1v) is 9.12. The van der Waals surface area contributed by atoms with Gasteiger partial charge >= 0.3 is 6.16 Å². The van der Waals surface area contributed by atoms with Crippen molar-refractivity contribution >= 4 is 33.7 Å². The summed E-state index contributed by atoms with van der Waals surface area (Å²) < 4.78 is 16.6. The van der Waals surface area contributed by atoms with Crippen LogP contribution in [0.25, 0.3) is 0 Å². The van der Waals surface area contributed by atoms with Gasteiger partial charge in [0, 0.05) is 15.1 Å². The molecule has 0 radical (unpaired) electrons. The Kier molecular flexibility index (Phi) is 5.54. The van der Waals surface area contributed by atoms with E-state index in [2.05, 4.69) is 26.7 Å². The van der Waals surface area contributed by atoms with Crippen LogP contribution in [0.15, 0.2) is 34.8 Å². The van der Waals surface area contributed by atoms with Crippen LogP contribution in [0.2, 0.25) is 5.02 Å². The molecule has 0 N–H and O–H groups in total. The highest BCUT2D eigenvalue weighted by Crippen LogP contribution is 2.46. The zero-order valence-electron chi connectivity index (χ0n) is 14.0. The van der Waals surface area contributed by atoms with E-state index in [0.29, 0.717) is 16.7 Å². The summed E-state index contributed by atoms with van der Waals surface area (Å²) in [5.74, 6) is 1.71. The fourth-order valence-electron chi connectivity index (χ4n) is 2.58. The van der Waals surface area contributed by atoms with Crippen LogP contribution >= 0.6 is 27.5 Å². The molecule has 0 spiro atoms. The average molecular weight is 426 g/mol. The third-order valence-corrected chi connectivity index (χ3v) is 5.27. The van der Waals surface area contributed by atoms with Gasteiger partial charge in [0.1, 0.15) is 18.1 Å². The van der Waals surface area contributed by atoms with Gasteiger partial charge in [0.2, 0.25) is 0 Å². The molecule has 0 unspecified atom stereocenters. The van der Waals surface area contributed by atoms with Crippen molar-refractivity contribution in [2.45, 2.75) is 32.3 Å². The monoisotopic (exact) mass is 424 g/mol. The summed E-state index contributed by atoms with van der Waals surface area (Å²) in [6, 6.07) is 9.31. The molecule has 6 heteroatoms. The zero-order valence-corrected chi connectivity index (χ0v) is 16.3. The summed E-state index contributed by atoms with van der Waals surface area (Å²) in [5.41, 5.74) is 2.96. The first-order chi connectivity index (χ1) is 12.0. The van der Waals surface area contributed by atoms with Crippen LogP contribution in [0.1, 0.15) is 35.4 Å². The first-order valence-electron chi connectivity index (χ1n) is 7.95. The fraction of sp³-hybridized carbons (Fsp3) is 0.316. The van der Waals surface area contributed by atoms with Gasteiger partial charge in [0.15, 0.2) is 0 Å². The summed E-state index contributed by atoms with van der Waals surface area (Å²) in [7, 11) is 1.27. The molecule has 1 aliphatic carbocycles. The van der Waals surface area contributed by atoms with Gasteiger partial charge < -0.3 is 14.2 Å². The molecule has 2 aromatic carbocycles. The molecule has 1 aliphatic rings. The molecular formula is C19H18BrClO4. The van der Waals surface area contributed by atoms with Crippen molar-refractivity contribution in [3.05, 3.63) is 56.5 Å². The maximum atomic E-state index is 11.4. The molecule has 0 bridgehead atoms. The van der Waals surface area contributed by atoms with Crippen molar-refractivity contribution in [3.8, 4) is 11.5 Å². The summed E-state index contributed by atoms with van der Waals surface area (Å²) >= 11 is 9.75. The van der Waals surface area contributed by atoms with E-state index in [9.17, 15) is 4.79 Å². The van der Waals surface area contributed by atoms with E-state index >= 15 is 0 Å². The van der Waals surface area contributed by atoms with E-state index in [1.165, 1.54) is 25.5 Å². The Balaban J connectivity index is 1.85. The van der Waals surface area contributed by atoms with Crippen molar-refractivity contribution in [2.24, 2.45) is 0 Å². The third-order valence-electron chi connectivity index (χ3n) is 4.12. The predicted octanol–water partition coefficient (Wildman–Crippen LogP) is 6.01. The molecule has 0 aromatic heterocycles. The van der Waals surface area contributed by atoms with Crippen molar-refractivity contribution in [3.63, 3.8) is 0 Å². The number of carbonyl (C=O) groups is 1. The van der Waals surface area contributed by atoms with Gasteiger partial charge in [-0.2, -0.15) is 0 Å². The number of benzene rings is 2. The molecule has 1 saturated carbocycles. The molecular weight excluding hydrogens is 408 g/mol. The Morgan fingerprint density at radius 1 is 1.28 bits per heavy atom. The number of rotatable bonds is 5. The topological polar surface area (TPSA) is 44.8 Å². The molecule has 0 heterocycles. The Morgan fingerprint density at radius 3 is 2.72 bits per heavy atom. The molecule has 0 atom stereocenters. The van der Waals surface area contributed by atoms with Crippen molar-refractivity contribution in [2.75, 3.05) is 7.11 Å². The molecule has 132 valence electrons. The van der Waals surface area contributed by atoms with Gasteiger partial charge in [0.25, 0.3) is 0 Å². The average Bonchev–Trinajstić information content (AvgIpc) is 3.42. The number of methoxy groups -OCH3 is 1. The zero-order chi connectivity index (χ0) is 18.0. The molecule has 2 aromatic rings. The molecule has 1 fully saturated rings. The molecule has 0 amide bonds. The number of hydrogen-bond donors (Lipinski definition) is 0. The van der Waals surface area contributed by atoms with Crippen LogP contribution < -0.4 is 9.47 Å². The minimum atomic E-state index is -0.767. The van der Waals surface area contributed by atoms with Crippen LogP contribution in [0.4, 0.5) is 4.79 Å². The predicted molar refractivity (Wildman–Crippen MR) is 99.7 cm³/mol. The summed E-state index contributed by atoms with van der Waals surface area (Å²) in [6.45, 7) is 2.24. The molecule has 4 nitrogen and oxygen atoms in total. The Morgan fingerprint density at radius 2 is 2.04 bits per heavy atom. The second-order valence-corrected chi connectivity index (χ2v) is 7.24. The Bertz CT molecular complexity index is 802. The number of aryl methyl sites for hydroxylation is 1. The molecule has 0 aliphatic heterocycles. The maximum absolute atomic E-state index is 11.4. The standard InChI is InChI=1S/C19H18BrClO4/c1-11-8-13(12-6-7-12)18(9-16(11)21)24-10-14-15(20)4-3-5-17(14)25-19(22)23-2/h3-5,8-9,12H,6-7,10H2,1-2H3. The second-order valence-electron chi connectivity index (χ2n) is 5.97. The molecule has 3 rings (SSSR count). The maximum Gasteiger partial charge on any atom is 0.513 e. The summed E-state index contributed by atoms with van der Waals surface area (Å²) in [5, 5.41) is 0.678. The van der Waals surface area contributed by atoms with E-state index in [0.717, 1.165) is 21.3 Å². The highest BCUT2D eigenvalue weighted by atomic mass is 79.9. The third kappa shape index (κ3) is 4.28. The minimum absolute atomic E-state index is 0.243. The van der Waals surface area contributed by atoms with Gasteiger partial charge in [-0.3, -0.25) is 0 Å². The van der Waals surface area contributed by atoms with E-state index in [-0.39, 0.29) is 6.61 Å². The lowest BCUT2D eigenvalue weighted by Gasteiger charge is -2.16. The fourth-order valence-corrected chi connectivity index (χ4v) is 3.20. The van der Waals surface area contributed by atoms with Crippen molar-refractivity contribution < 1.29 is 19.0 Å². The normalized spacial score (nSPS) is 13.4. The number of hydrogen-bond acceptors (Lipinski definition) is 4. The lowest BCUT2D eigenvalue weighted by Crippen LogP contribution is -2.10. The van der Waals surface area contributed by atoms with Gasteiger partial charge in [-0.1, -0.05) is 39.7 Å². The highest BCUT2D eigenvalue weighted by molar-refractivity contribution is 9.10. The van der Waals surface area contributed by atoms with Crippen LogP contribution in [0.5, 0.6) is 11.5 Å². The quantitative estimate of drug-likeness (QED) is 0.434. The number of ether oxygens (including phenoxy) is 3. The Hall–Kier alpha value is -1.72. The SMILES string of the molecule is COC(=O)Oc1cccc(Br)c1COc1cc(Cl)c(C)cc1C1CC1. The van der Waals surface area contributed by atoms with Crippen LogP contribution in [0.3, 0.4) is 0 Å². The van der Waals surface area contributed by atoms with E-state index in [4.69, 9.17) is 21.1 Å². The van der Waals surface area contributed by atoms with E-state index in [1.807, 2.05) is 19.1 Å². The van der Waals surface area contributed by atoms with E-state index < -0.39 is 6.16 Å². The minimum Gasteiger partial charge on any atom is -0.488 e. The van der Waals surface area contributed by atoms with Crippen molar-refractivity contribution in [1.82, 2.24) is 0 Å².